The van der Waals surface area contributed by atoms with Gasteiger partial charge in [0.2, 0.25) is 11.8 Å². The SMILES string of the molecule is O=C(CCc1ccccc1F)NCC(=O)Nc1ccc(F)c(Cl)c1. The molecule has 7 heteroatoms. The molecule has 0 aliphatic heterocycles. The van der Waals surface area contributed by atoms with E-state index in [4.69, 9.17) is 11.6 Å². The van der Waals surface area contributed by atoms with Crippen molar-refractivity contribution in [1.82, 2.24) is 5.32 Å². The molecule has 0 aliphatic carbocycles. The summed E-state index contributed by atoms with van der Waals surface area (Å²) >= 11 is 5.61. The summed E-state index contributed by atoms with van der Waals surface area (Å²) in [4.78, 5) is 23.4. The van der Waals surface area contributed by atoms with Gasteiger partial charge < -0.3 is 10.6 Å². The summed E-state index contributed by atoms with van der Waals surface area (Å²) in [7, 11) is 0. The molecule has 0 atom stereocenters. The second kappa shape index (κ2) is 8.40. The maximum atomic E-state index is 13.4. The molecule has 0 aromatic heterocycles. The number of carbonyl (C=O) groups is 2. The standard InChI is InChI=1S/C17H15ClF2N2O2/c18-13-9-12(6-7-15(13)20)22-17(24)10-21-16(23)8-5-11-3-1-2-4-14(11)19/h1-4,6-7,9H,5,8,10H2,(H,21,23)(H,22,24). The molecular weight excluding hydrogens is 338 g/mol. The van der Waals surface area contributed by atoms with Crippen molar-refractivity contribution in [3.8, 4) is 0 Å². The molecule has 2 rings (SSSR count). The van der Waals surface area contributed by atoms with Gasteiger partial charge in [-0.2, -0.15) is 0 Å². The van der Waals surface area contributed by atoms with Gasteiger partial charge in [0.25, 0.3) is 0 Å². The van der Waals surface area contributed by atoms with Crippen molar-refractivity contribution in [3.05, 3.63) is 64.7 Å². The van der Waals surface area contributed by atoms with Crippen LogP contribution in [0.25, 0.3) is 0 Å². The van der Waals surface area contributed by atoms with Gasteiger partial charge in [-0.05, 0) is 36.2 Å². The van der Waals surface area contributed by atoms with Gasteiger partial charge in [-0.15, -0.1) is 0 Å². The summed E-state index contributed by atoms with van der Waals surface area (Å²) in [5, 5.41) is 4.81. The lowest BCUT2D eigenvalue weighted by molar-refractivity contribution is -0.124. The first kappa shape index (κ1) is 17.9. The molecule has 0 bridgehead atoms. The lowest BCUT2D eigenvalue weighted by Gasteiger charge is -2.08. The largest absolute Gasteiger partial charge is 0.347 e. The predicted molar refractivity (Wildman–Crippen MR) is 87.8 cm³/mol. The van der Waals surface area contributed by atoms with Crippen molar-refractivity contribution in [2.75, 3.05) is 11.9 Å². The van der Waals surface area contributed by atoms with Crippen LogP contribution in [0.1, 0.15) is 12.0 Å². The number of hydrogen-bond donors (Lipinski definition) is 2. The molecule has 4 nitrogen and oxygen atoms in total. The van der Waals surface area contributed by atoms with E-state index in [9.17, 15) is 18.4 Å². The molecule has 126 valence electrons. The molecule has 2 amide bonds. The van der Waals surface area contributed by atoms with Gasteiger partial charge in [-0.25, -0.2) is 8.78 Å². The van der Waals surface area contributed by atoms with E-state index in [1.165, 1.54) is 18.2 Å². The fraction of sp³-hybridized carbons (Fsp3) is 0.176. The zero-order valence-electron chi connectivity index (χ0n) is 12.6. The first-order valence-electron chi connectivity index (χ1n) is 7.20. The van der Waals surface area contributed by atoms with E-state index in [-0.39, 0.29) is 36.1 Å². The van der Waals surface area contributed by atoms with Crippen LogP contribution in [0.3, 0.4) is 0 Å². The number of rotatable bonds is 6. The van der Waals surface area contributed by atoms with Crippen molar-refractivity contribution >= 4 is 29.1 Å². The molecule has 0 radical (unpaired) electrons. The van der Waals surface area contributed by atoms with Crippen LogP contribution in [-0.2, 0) is 16.0 Å². The van der Waals surface area contributed by atoms with Crippen LogP contribution < -0.4 is 10.6 Å². The Morgan fingerprint density at radius 3 is 2.46 bits per heavy atom. The van der Waals surface area contributed by atoms with Gasteiger partial charge in [0.15, 0.2) is 0 Å². The lowest BCUT2D eigenvalue weighted by Crippen LogP contribution is -2.33. The number of amides is 2. The number of carbonyl (C=O) groups excluding carboxylic acids is 2. The minimum absolute atomic E-state index is 0.0661. The van der Waals surface area contributed by atoms with E-state index in [0.717, 1.165) is 6.07 Å². The summed E-state index contributed by atoms with van der Waals surface area (Å²) in [6.07, 6.45) is 0.310. The molecule has 0 saturated heterocycles. The molecule has 0 spiro atoms. The van der Waals surface area contributed by atoms with Gasteiger partial charge >= 0.3 is 0 Å². The topological polar surface area (TPSA) is 58.2 Å². The summed E-state index contributed by atoms with van der Waals surface area (Å²) in [5.74, 6) is -1.80. The third-order valence-electron chi connectivity index (χ3n) is 3.23. The summed E-state index contributed by atoms with van der Waals surface area (Å²) < 4.78 is 26.4. The highest BCUT2D eigenvalue weighted by molar-refractivity contribution is 6.31. The Morgan fingerprint density at radius 2 is 1.75 bits per heavy atom. The van der Waals surface area contributed by atoms with Crippen LogP contribution in [0, 0.1) is 11.6 Å². The lowest BCUT2D eigenvalue weighted by atomic mass is 10.1. The molecule has 0 aliphatic rings. The van der Waals surface area contributed by atoms with Crippen LogP contribution in [0.5, 0.6) is 0 Å². The first-order valence-corrected chi connectivity index (χ1v) is 7.58. The third-order valence-corrected chi connectivity index (χ3v) is 3.52. The molecule has 2 N–H and O–H groups in total. The van der Waals surface area contributed by atoms with Crippen molar-refractivity contribution in [1.29, 1.82) is 0 Å². The fourth-order valence-corrected chi connectivity index (χ4v) is 2.18. The Bertz CT molecular complexity index is 753. The molecule has 2 aromatic carbocycles. The van der Waals surface area contributed by atoms with Crippen LogP contribution in [-0.4, -0.2) is 18.4 Å². The quantitative estimate of drug-likeness (QED) is 0.838. The third kappa shape index (κ3) is 5.31. The first-order chi connectivity index (χ1) is 11.5. The normalized spacial score (nSPS) is 10.3. The maximum absolute atomic E-state index is 13.4. The van der Waals surface area contributed by atoms with Crippen molar-refractivity contribution < 1.29 is 18.4 Å². The number of benzene rings is 2. The summed E-state index contributed by atoms with van der Waals surface area (Å²) in [5.41, 5.74) is 0.769. The smallest absolute Gasteiger partial charge is 0.243 e. The number of nitrogens with one attached hydrogen (secondary N) is 2. The molecule has 0 heterocycles. The van der Waals surface area contributed by atoms with Crippen molar-refractivity contribution in [3.63, 3.8) is 0 Å². The van der Waals surface area contributed by atoms with Gasteiger partial charge in [-0.3, -0.25) is 9.59 Å². The van der Waals surface area contributed by atoms with Gasteiger partial charge in [0.05, 0.1) is 11.6 Å². The van der Waals surface area contributed by atoms with Crippen LogP contribution in [0.2, 0.25) is 5.02 Å². The monoisotopic (exact) mass is 352 g/mol. The van der Waals surface area contributed by atoms with Gasteiger partial charge in [0, 0.05) is 12.1 Å². The van der Waals surface area contributed by atoms with E-state index in [1.807, 2.05) is 0 Å². The number of halogens is 3. The molecular formula is C17H15ClF2N2O2. The Balaban J connectivity index is 1.76. The zero-order chi connectivity index (χ0) is 17.5. The number of anilines is 1. The van der Waals surface area contributed by atoms with E-state index in [2.05, 4.69) is 10.6 Å². The molecule has 2 aromatic rings. The summed E-state index contributed by atoms with van der Waals surface area (Å²) in [6, 6.07) is 9.96. The Kier molecular flexibility index (Phi) is 6.26. The zero-order valence-corrected chi connectivity index (χ0v) is 13.4. The van der Waals surface area contributed by atoms with E-state index < -0.39 is 11.7 Å². The Labute approximate surface area is 142 Å². The Hall–Kier alpha value is -2.47. The molecule has 0 fully saturated rings. The number of aryl methyl sites for hydroxylation is 1. The highest BCUT2D eigenvalue weighted by Crippen LogP contribution is 2.19. The molecule has 0 saturated carbocycles. The Morgan fingerprint density at radius 1 is 1.00 bits per heavy atom. The molecule has 24 heavy (non-hydrogen) atoms. The number of hydrogen-bond acceptors (Lipinski definition) is 2. The maximum Gasteiger partial charge on any atom is 0.243 e. The second-order valence-corrected chi connectivity index (χ2v) is 5.45. The molecule has 0 unspecified atom stereocenters. The van der Waals surface area contributed by atoms with E-state index in [0.29, 0.717) is 11.3 Å². The van der Waals surface area contributed by atoms with Gasteiger partial charge in [0.1, 0.15) is 11.6 Å². The summed E-state index contributed by atoms with van der Waals surface area (Å²) in [6.45, 7) is -0.245. The van der Waals surface area contributed by atoms with E-state index >= 15 is 0 Å². The fourth-order valence-electron chi connectivity index (χ4n) is 2.00. The predicted octanol–water partition coefficient (Wildman–Crippen LogP) is 3.31. The highest BCUT2D eigenvalue weighted by Gasteiger charge is 2.09. The van der Waals surface area contributed by atoms with Gasteiger partial charge in [-0.1, -0.05) is 29.8 Å². The second-order valence-electron chi connectivity index (χ2n) is 5.05. The minimum atomic E-state index is -0.587. The average molecular weight is 353 g/mol. The van der Waals surface area contributed by atoms with Crippen LogP contribution in [0.4, 0.5) is 14.5 Å². The van der Waals surface area contributed by atoms with Crippen LogP contribution >= 0.6 is 11.6 Å². The van der Waals surface area contributed by atoms with Crippen molar-refractivity contribution in [2.45, 2.75) is 12.8 Å². The highest BCUT2D eigenvalue weighted by atomic mass is 35.5. The van der Waals surface area contributed by atoms with E-state index in [1.54, 1.807) is 18.2 Å². The van der Waals surface area contributed by atoms with Crippen molar-refractivity contribution in [2.24, 2.45) is 0 Å². The minimum Gasteiger partial charge on any atom is -0.347 e. The average Bonchev–Trinajstić information content (AvgIpc) is 2.55. The van der Waals surface area contributed by atoms with Crippen LogP contribution in [0.15, 0.2) is 42.5 Å².